The Labute approximate surface area is 191 Å². The van der Waals surface area contributed by atoms with E-state index in [9.17, 15) is 18.0 Å². The Kier molecular flexibility index (Phi) is 8.64. The van der Waals surface area contributed by atoms with Crippen LogP contribution >= 0.6 is 0 Å². The second-order valence-electron chi connectivity index (χ2n) is 8.50. The van der Waals surface area contributed by atoms with Crippen molar-refractivity contribution < 1.29 is 18.0 Å². The molecule has 2 fully saturated rings. The zero-order chi connectivity index (χ0) is 23.1. The Morgan fingerprint density at radius 2 is 1.44 bits per heavy atom. The number of aryl methyl sites for hydroxylation is 1. The lowest BCUT2D eigenvalue weighted by molar-refractivity contribution is -0.134. The van der Waals surface area contributed by atoms with Gasteiger partial charge in [-0.3, -0.25) is 19.4 Å². The number of amides is 2. The minimum Gasteiger partial charge on any atom is -0.355 e. The van der Waals surface area contributed by atoms with Crippen LogP contribution in [0.3, 0.4) is 0 Å². The van der Waals surface area contributed by atoms with Gasteiger partial charge in [0, 0.05) is 58.9 Å². The topological polar surface area (TPSA) is 93.3 Å². The lowest BCUT2D eigenvalue weighted by atomic mass is 10.2. The van der Waals surface area contributed by atoms with Gasteiger partial charge in [0.2, 0.25) is 21.8 Å². The molecule has 0 spiro atoms. The fourth-order valence-corrected chi connectivity index (χ4v) is 5.38. The molecular formula is C22H35N5O4S. The van der Waals surface area contributed by atoms with Crippen LogP contribution in [0.25, 0.3) is 0 Å². The number of benzene rings is 1. The highest BCUT2D eigenvalue weighted by molar-refractivity contribution is 7.89. The van der Waals surface area contributed by atoms with E-state index in [4.69, 9.17) is 0 Å². The first-order chi connectivity index (χ1) is 15.3. The quantitative estimate of drug-likeness (QED) is 0.580. The van der Waals surface area contributed by atoms with E-state index in [2.05, 4.69) is 10.2 Å². The van der Waals surface area contributed by atoms with Crippen LogP contribution in [0.5, 0.6) is 0 Å². The maximum atomic E-state index is 12.8. The van der Waals surface area contributed by atoms with Crippen molar-refractivity contribution in [3.05, 3.63) is 29.8 Å². The summed E-state index contributed by atoms with van der Waals surface area (Å²) in [5.74, 6) is 0.0972. The molecule has 10 heteroatoms. The summed E-state index contributed by atoms with van der Waals surface area (Å²) in [5.41, 5.74) is 1.02. The highest BCUT2D eigenvalue weighted by atomic mass is 32.2. The third-order valence-corrected chi connectivity index (χ3v) is 7.93. The van der Waals surface area contributed by atoms with Gasteiger partial charge in [-0.2, -0.15) is 4.31 Å². The number of sulfonamides is 1. The molecule has 32 heavy (non-hydrogen) atoms. The molecule has 0 aromatic heterocycles. The second kappa shape index (κ2) is 11.2. The molecule has 2 aliphatic heterocycles. The van der Waals surface area contributed by atoms with Crippen LogP contribution in [0.4, 0.5) is 0 Å². The van der Waals surface area contributed by atoms with Gasteiger partial charge in [0.1, 0.15) is 0 Å². The monoisotopic (exact) mass is 465 g/mol. The van der Waals surface area contributed by atoms with Crippen LogP contribution in [0.2, 0.25) is 0 Å². The molecule has 0 saturated carbocycles. The molecule has 9 nitrogen and oxygen atoms in total. The van der Waals surface area contributed by atoms with Crippen LogP contribution in [0, 0.1) is 6.92 Å². The molecule has 0 radical (unpaired) electrons. The van der Waals surface area contributed by atoms with E-state index >= 15 is 0 Å². The van der Waals surface area contributed by atoms with Gasteiger partial charge in [-0.25, -0.2) is 8.42 Å². The first-order valence-electron chi connectivity index (χ1n) is 11.4. The number of rotatable bonds is 8. The Morgan fingerprint density at radius 3 is 2.03 bits per heavy atom. The molecule has 2 saturated heterocycles. The molecule has 1 aromatic carbocycles. The summed E-state index contributed by atoms with van der Waals surface area (Å²) in [6, 6.07) is 6.90. The third-order valence-electron chi connectivity index (χ3n) is 6.01. The van der Waals surface area contributed by atoms with Gasteiger partial charge in [-0.05, 0) is 25.5 Å². The normalized spacial score (nSPS) is 19.1. The first kappa shape index (κ1) is 24.6. The zero-order valence-electron chi connectivity index (χ0n) is 19.1. The van der Waals surface area contributed by atoms with Crippen molar-refractivity contribution in [1.29, 1.82) is 0 Å². The number of hydrogen-bond acceptors (Lipinski definition) is 6. The van der Waals surface area contributed by atoms with Gasteiger partial charge >= 0.3 is 0 Å². The lowest BCUT2D eigenvalue weighted by Crippen LogP contribution is -2.55. The molecule has 0 unspecified atom stereocenters. The number of carbonyl (C=O) groups excluding carboxylic acids is 2. The SMILES string of the molecule is CCCNC(=O)CN1CCN(C(=O)CN2CCN(S(=O)(=O)c3ccc(C)cc3)CC2)CC1. The average molecular weight is 466 g/mol. The van der Waals surface area contributed by atoms with E-state index in [1.54, 1.807) is 24.3 Å². The standard InChI is InChI=1S/C22H35N5O4S/c1-3-8-23-21(28)17-24-9-13-26(14-10-24)22(29)18-25-11-15-27(16-12-25)32(30,31)20-6-4-19(2)5-7-20/h4-7H,3,8-18H2,1-2H3,(H,23,28). The largest absolute Gasteiger partial charge is 0.355 e. The molecule has 0 bridgehead atoms. The zero-order valence-corrected chi connectivity index (χ0v) is 19.9. The van der Waals surface area contributed by atoms with E-state index in [0.29, 0.717) is 76.9 Å². The summed E-state index contributed by atoms with van der Waals surface area (Å²) in [7, 11) is -3.50. The second-order valence-corrected chi connectivity index (χ2v) is 10.4. The Morgan fingerprint density at radius 1 is 0.875 bits per heavy atom. The van der Waals surface area contributed by atoms with Crippen LogP contribution in [-0.2, 0) is 19.6 Å². The molecule has 1 aromatic rings. The van der Waals surface area contributed by atoms with Gasteiger partial charge in [0.05, 0.1) is 18.0 Å². The summed E-state index contributed by atoms with van der Waals surface area (Å²) in [6.45, 7) is 9.75. The molecular weight excluding hydrogens is 430 g/mol. The van der Waals surface area contributed by atoms with Crippen LogP contribution in [0.1, 0.15) is 18.9 Å². The van der Waals surface area contributed by atoms with Crippen LogP contribution < -0.4 is 5.32 Å². The van der Waals surface area contributed by atoms with Crippen molar-refractivity contribution in [1.82, 2.24) is 24.3 Å². The molecule has 0 aliphatic carbocycles. The van der Waals surface area contributed by atoms with Crippen molar-refractivity contribution in [3.63, 3.8) is 0 Å². The summed E-state index contributed by atoms with van der Waals surface area (Å²) < 4.78 is 27.2. The van der Waals surface area contributed by atoms with Gasteiger partial charge < -0.3 is 10.2 Å². The molecule has 2 heterocycles. The lowest BCUT2D eigenvalue weighted by Gasteiger charge is -2.37. The van der Waals surface area contributed by atoms with E-state index in [1.165, 1.54) is 4.31 Å². The maximum Gasteiger partial charge on any atom is 0.243 e. The smallest absolute Gasteiger partial charge is 0.243 e. The van der Waals surface area contributed by atoms with Crippen molar-refractivity contribution in [2.45, 2.75) is 25.2 Å². The average Bonchev–Trinajstić information content (AvgIpc) is 2.79. The van der Waals surface area contributed by atoms with E-state index in [0.717, 1.165) is 12.0 Å². The summed E-state index contributed by atoms with van der Waals surface area (Å²) in [6.07, 6.45) is 0.917. The fourth-order valence-electron chi connectivity index (χ4n) is 3.96. The summed E-state index contributed by atoms with van der Waals surface area (Å²) in [4.78, 5) is 30.8. The maximum absolute atomic E-state index is 12.8. The minimum atomic E-state index is -3.50. The molecule has 3 rings (SSSR count). The van der Waals surface area contributed by atoms with Gasteiger partial charge in [0.25, 0.3) is 0 Å². The predicted molar refractivity (Wildman–Crippen MR) is 123 cm³/mol. The van der Waals surface area contributed by atoms with Crippen LogP contribution in [0.15, 0.2) is 29.2 Å². The predicted octanol–water partition coefficient (Wildman–Crippen LogP) is -0.0283. The number of hydrogen-bond donors (Lipinski definition) is 1. The first-order valence-corrected chi connectivity index (χ1v) is 12.8. The summed E-state index contributed by atoms with van der Waals surface area (Å²) >= 11 is 0. The Hall–Kier alpha value is -2.01. The fraction of sp³-hybridized carbons (Fsp3) is 0.636. The number of nitrogens with one attached hydrogen (secondary N) is 1. The van der Waals surface area contributed by atoms with E-state index in [1.807, 2.05) is 23.6 Å². The van der Waals surface area contributed by atoms with Gasteiger partial charge in [-0.15, -0.1) is 0 Å². The molecule has 2 amide bonds. The van der Waals surface area contributed by atoms with Crippen molar-refractivity contribution in [2.75, 3.05) is 72.0 Å². The van der Waals surface area contributed by atoms with Gasteiger partial charge in [-0.1, -0.05) is 24.6 Å². The van der Waals surface area contributed by atoms with Crippen LogP contribution in [-0.4, -0.2) is 111 Å². The molecule has 0 atom stereocenters. The van der Waals surface area contributed by atoms with E-state index in [-0.39, 0.29) is 11.8 Å². The van der Waals surface area contributed by atoms with E-state index < -0.39 is 10.0 Å². The Balaban J connectivity index is 1.41. The molecule has 178 valence electrons. The number of carbonyl (C=O) groups is 2. The summed E-state index contributed by atoms with van der Waals surface area (Å²) in [5, 5.41) is 2.88. The van der Waals surface area contributed by atoms with Gasteiger partial charge in [0.15, 0.2) is 0 Å². The van der Waals surface area contributed by atoms with Crippen molar-refractivity contribution in [3.8, 4) is 0 Å². The van der Waals surface area contributed by atoms with Crippen molar-refractivity contribution >= 4 is 21.8 Å². The Bertz CT molecular complexity index is 874. The highest BCUT2D eigenvalue weighted by Crippen LogP contribution is 2.18. The third kappa shape index (κ3) is 6.50. The number of piperazine rings is 2. The van der Waals surface area contributed by atoms with Crippen molar-refractivity contribution in [2.24, 2.45) is 0 Å². The minimum absolute atomic E-state index is 0.0325. The molecule has 2 aliphatic rings. The highest BCUT2D eigenvalue weighted by Gasteiger charge is 2.30. The number of nitrogens with zero attached hydrogens (tertiary/aromatic N) is 4. The molecule has 1 N–H and O–H groups in total.